The van der Waals surface area contributed by atoms with Crippen molar-refractivity contribution in [3.05, 3.63) is 36.0 Å². The molecule has 3 aliphatic rings. The maximum atomic E-state index is 13.6. The molecule has 3 N–H and O–H groups in total. The normalized spacial score (nSPS) is 22.1. The Labute approximate surface area is 217 Å². The van der Waals surface area contributed by atoms with Gasteiger partial charge in [0.25, 0.3) is 0 Å². The molecule has 5 rings (SSSR count). The van der Waals surface area contributed by atoms with Crippen molar-refractivity contribution in [2.24, 2.45) is 0 Å². The van der Waals surface area contributed by atoms with Gasteiger partial charge in [0, 0.05) is 23.9 Å². The molecule has 0 unspecified atom stereocenters. The molecule has 3 fully saturated rings. The lowest BCUT2D eigenvalue weighted by molar-refractivity contribution is 0.0985. The monoisotopic (exact) mass is 529 g/mol. The minimum absolute atomic E-state index is 0.105. The van der Waals surface area contributed by atoms with Gasteiger partial charge < -0.3 is 25.4 Å². The topological polar surface area (TPSA) is 134 Å². The highest BCUT2D eigenvalue weighted by Gasteiger charge is 2.57. The largest absolute Gasteiger partial charge is 0.394 e. The number of amides is 2. The van der Waals surface area contributed by atoms with Crippen LogP contribution in [0.1, 0.15) is 51.6 Å². The summed E-state index contributed by atoms with van der Waals surface area (Å²) in [6, 6.07) is 8.37. The molecule has 2 saturated carbocycles. The van der Waals surface area contributed by atoms with E-state index in [9.17, 15) is 13.2 Å². The van der Waals surface area contributed by atoms with E-state index in [0.29, 0.717) is 55.6 Å². The molecule has 1 saturated heterocycles. The van der Waals surface area contributed by atoms with Gasteiger partial charge in [-0.1, -0.05) is 0 Å². The summed E-state index contributed by atoms with van der Waals surface area (Å²) in [7, 11) is -3.34. The Morgan fingerprint density at radius 2 is 1.97 bits per heavy atom. The summed E-state index contributed by atoms with van der Waals surface area (Å²) in [6.07, 6.45) is 3.50. The number of rotatable bonds is 8. The van der Waals surface area contributed by atoms with Crippen molar-refractivity contribution in [1.29, 1.82) is 0 Å². The minimum atomic E-state index is -3.34. The van der Waals surface area contributed by atoms with Gasteiger partial charge in [0.05, 0.1) is 42.8 Å². The lowest BCUT2D eigenvalue weighted by Crippen LogP contribution is -2.46. The summed E-state index contributed by atoms with van der Waals surface area (Å²) < 4.78 is 31.8. The molecule has 2 aliphatic carbocycles. The molecule has 2 atom stereocenters. The molecule has 0 bridgehead atoms. The lowest BCUT2D eigenvalue weighted by atomic mass is 9.81. The van der Waals surface area contributed by atoms with Gasteiger partial charge in [0.1, 0.15) is 10.6 Å². The van der Waals surface area contributed by atoms with Crippen molar-refractivity contribution in [3.8, 4) is 11.4 Å². The number of sulfone groups is 1. The fourth-order valence-electron chi connectivity index (χ4n) is 5.03. The van der Waals surface area contributed by atoms with E-state index in [2.05, 4.69) is 22.5 Å². The van der Waals surface area contributed by atoms with Crippen LogP contribution in [0.3, 0.4) is 0 Å². The van der Waals surface area contributed by atoms with Gasteiger partial charge in [-0.2, -0.15) is 0 Å². The number of aliphatic hydroxyl groups is 1. The number of benzene rings is 1. The Bertz CT molecular complexity index is 1240. The second kappa shape index (κ2) is 10.2. The van der Waals surface area contributed by atoms with Crippen LogP contribution < -0.4 is 15.5 Å². The summed E-state index contributed by atoms with van der Waals surface area (Å²) in [5, 5.41) is 14.2. The Kier molecular flexibility index (Phi) is 7.12. The molecule has 10 nitrogen and oxygen atoms in total. The van der Waals surface area contributed by atoms with E-state index in [4.69, 9.17) is 19.8 Å². The number of morpholine rings is 1. The molecule has 1 aromatic carbocycles. The van der Waals surface area contributed by atoms with Crippen molar-refractivity contribution in [2.75, 3.05) is 36.6 Å². The Morgan fingerprint density at radius 1 is 1.24 bits per heavy atom. The molecule has 0 spiro atoms. The predicted octanol–water partition coefficient (Wildman–Crippen LogP) is 2.83. The highest BCUT2D eigenvalue weighted by Crippen LogP contribution is 2.53. The van der Waals surface area contributed by atoms with Gasteiger partial charge in [0.15, 0.2) is 15.7 Å². The Morgan fingerprint density at radius 3 is 2.57 bits per heavy atom. The minimum Gasteiger partial charge on any atom is -0.394 e. The molecule has 200 valence electrons. The van der Waals surface area contributed by atoms with Crippen molar-refractivity contribution < 1.29 is 23.1 Å². The molecule has 2 heterocycles. The quantitative estimate of drug-likeness (QED) is 0.475. The number of anilines is 2. The number of nitrogens with one attached hydrogen (secondary N) is 2. The number of nitrogens with zero attached hydrogens (tertiary/aromatic N) is 3. The third-order valence-corrected chi connectivity index (χ3v) is 10.6. The number of carbonyl (C=O) groups excluding carboxylic acids is 1. The average molecular weight is 530 g/mol. The zero-order chi connectivity index (χ0) is 26.2. The van der Waals surface area contributed by atoms with Crippen molar-refractivity contribution in [2.45, 2.75) is 68.0 Å². The van der Waals surface area contributed by atoms with E-state index in [1.807, 2.05) is 18.2 Å². The van der Waals surface area contributed by atoms with Crippen LogP contribution in [0, 0.1) is 0 Å². The number of aromatic nitrogens is 2. The van der Waals surface area contributed by atoms with Crippen LogP contribution in [-0.2, 0) is 19.3 Å². The fraction of sp³-hybridized carbons (Fsp3) is 0.577. The number of carbonyl (C=O) groups is 1. The van der Waals surface area contributed by atoms with Gasteiger partial charge in [0.2, 0.25) is 0 Å². The number of urea groups is 1. The first kappa shape index (κ1) is 25.9. The van der Waals surface area contributed by atoms with Crippen molar-refractivity contribution >= 4 is 27.4 Å². The van der Waals surface area contributed by atoms with Crippen LogP contribution in [0.2, 0.25) is 0 Å². The second-order valence-electron chi connectivity index (χ2n) is 10.4. The number of ether oxygens (including phenoxy) is 1. The van der Waals surface area contributed by atoms with E-state index < -0.39 is 20.6 Å². The Hall–Kier alpha value is -2.76. The van der Waals surface area contributed by atoms with Gasteiger partial charge in [-0.05, 0) is 70.2 Å². The van der Waals surface area contributed by atoms with Crippen LogP contribution in [-0.4, -0.2) is 73.2 Å². The molecule has 2 amide bonds. The Balaban J connectivity index is 1.50. The van der Waals surface area contributed by atoms with Crippen LogP contribution in [0.4, 0.5) is 16.3 Å². The zero-order valence-corrected chi connectivity index (χ0v) is 22.1. The average Bonchev–Trinajstić information content (AvgIpc) is 3.70. The lowest BCUT2D eigenvalue weighted by Gasteiger charge is -2.41. The highest BCUT2D eigenvalue weighted by molar-refractivity contribution is 7.93. The third kappa shape index (κ3) is 5.04. The van der Waals surface area contributed by atoms with E-state index in [1.165, 1.54) is 0 Å². The molecule has 1 aliphatic heterocycles. The number of hydrogen-bond acceptors (Lipinski definition) is 8. The molecule has 1 aromatic heterocycles. The maximum absolute atomic E-state index is 13.6. The van der Waals surface area contributed by atoms with E-state index in [0.717, 1.165) is 24.8 Å². The summed E-state index contributed by atoms with van der Waals surface area (Å²) in [4.78, 5) is 24.0. The van der Waals surface area contributed by atoms with Crippen LogP contribution in [0.25, 0.3) is 11.4 Å². The predicted molar refractivity (Wildman–Crippen MR) is 141 cm³/mol. The number of aliphatic hydroxyl groups excluding tert-OH is 1. The first-order valence-electron chi connectivity index (χ1n) is 13.0. The second-order valence-corrected chi connectivity index (χ2v) is 12.9. The first-order valence-corrected chi connectivity index (χ1v) is 14.5. The van der Waals surface area contributed by atoms with E-state index in [1.54, 1.807) is 19.1 Å². The summed E-state index contributed by atoms with van der Waals surface area (Å²) in [5.41, 5.74) is 1.90. The molecule has 2 aromatic rings. The molecule has 0 radical (unpaired) electrons. The fourth-order valence-corrected chi connectivity index (χ4v) is 7.68. The maximum Gasteiger partial charge on any atom is 0.319 e. The smallest absolute Gasteiger partial charge is 0.319 e. The van der Waals surface area contributed by atoms with E-state index >= 15 is 0 Å². The van der Waals surface area contributed by atoms with Crippen molar-refractivity contribution in [3.63, 3.8) is 0 Å². The van der Waals surface area contributed by atoms with E-state index in [-0.39, 0.29) is 23.9 Å². The number of hydrogen-bond donors (Lipinski definition) is 3. The molecular weight excluding hydrogens is 494 g/mol. The zero-order valence-electron chi connectivity index (χ0n) is 21.3. The van der Waals surface area contributed by atoms with Crippen LogP contribution >= 0.6 is 0 Å². The van der Waals surface area contributed by atoms with Gasteiger partial charge >= 0.3 is 6.03 Å². The van der Waals surface area contributed by atoms with Gasteiger partial charge in [-0.15, -0.1) is 0 Å². The van der Waals surface area contributed by atoms with Gasteiger partial charge in [-0.3, -0.25) is 0 Å². The van der Waals surface area contributed by atoms with Crippen LogP contribution in [0.15, 0.2) is 30.3 Å². The third-order valence-electron chi connectivity index (χ3n) is 7.56. The first-order chi connectivity index (χ1) is 17.7. The van der Waals surface area contributed by atoms with Crippen LogP contribution in [0.5, 0.6) is 0 Å². The standard InChI is InChI=1S/C26H35N5O5S/c1-17(15-32)27-25(33)28-20-6-4-19(5-7-20)24-29-22(14-23(30-24)31-12-13-36-16-18(31)2)26(10-3-11-26)37(34,35)21-8-9-21/h4-7,14,17-18,21,32H,3,8-13,15-16H2,1-2H3,(H2,27,28,33)/t17-,18+/m1/s1. The SMILES string of the molecule is C[C@H](CO)NC(=O)Nc1ccc(-c2nc(N3CCOC[C@@H]3C)cc(C3(S(=O)(=O)C4CC4)CCC3)n2)cc1. The molecule has 11 heteroatoms. The molecule has 37 heavy (non-hydrogen) atoms. The van der Waals surface area contributed by atoms with Gasteiger partial charge in [-0.25, -0.2) is 23.2 Å². The highest BCUT2D eigenvalue weighted by atomic mass is 32.2. The summed E-state index contributed by atoms with van der Waals surface area (Å²) in [6.45, 7) is 5.47. The molecular formula is C26H35N5O5S. The summed E-state index contributed by atoms with van der Waals surface area (Å²) in [5.74, 6) is 1.18. The van der Waals surface area contributed by atoms with Crippen molar-refractivity contribution in [1.82, 2.24) is 15.3 Å². The summed E-state index contributed by atoms with van der Waals surface area (Å²) >= 11 is 0.